The predicted octanol–water partition coefficient (Wildman–Crippen LogP) is 12.4. The number of fused-ring (bicyclic) bond motifs is 9. The molecule has 1 fully saturated rings. The molecule has 1 aliphatic carbocycles. The van der Waals surface area contributed by atoms with Gasteiger partial charge in [-0.3, -0.25) is 4.98 Å². The third-order valence-electron chi connectivity index (χ3n) is 14.6. The molecule has 0 radical (unpaired) electrons. The maximum absolute atomic E-state index is 10.8. The highest BCUT2D eigenvalue weighted by Gasteiger charge is 2.57. The van der Waals surface area contributed by atoms with Crippen LogP contribution in [0.25, 0.3) is 55.0 Å². The maximum atomic E-state index is 10.8. The number of aromatic nitrogens is 3. The zero-order valence-corrected chi connectivity index (χ0v) is 36.9. The number of hydrogen-bond acceptors (Lipinski definition) is 2. The Bertz CT molecular complexity index is 4500. The van der Waals surface area contributed by atoms with E-state index in [-0.39, 0.29) is 5.41 Å². The van der Waals surface area contributed by atoms with E-state index in [9.17, 15) is 13.7 Å². The monoisotopic (exact) mass is 885 g/mol. The Labute approximate surface area is 413 Å². The summed E-state index contributed by atoms with van der Waals surface area (Å²) in [7, 11) is -6.14. The molecule has 1 saturated carbocycles. The molecular weight excluding hydrogens is 817 g/mol. The fourth-order valence-electron chi connectivity index (χ4n) is 11.4. The Balaban J connectivity index is 1.23. The molecule has 4 nitrogen and oxygen atoms in total. The quantitative estimate of drug-likeness (QED) is 0.118. The zero-order chi connectivity index (χ0) is 60.6. The number of nitrogens with zero attached hydrogens (tertiary/aromatic N) is 4. The molecule has 318 valence electrons. The fourth-order valence-corrected chi connectivity index (χ4v) is 15.0. The van der Waals surface area contributed by atoms with Crippen molar-refractivity contribution in [1.82, 2.24) is 14.1 Å². The van der Waals surface area contributed by atoms with E-state index in [2.05, 4.69) is 34.4 Å². The first kappa shape index (κ1) is 24.2. The van der Waals surface area contributed by atoms with Gasteiger partial charge in [-0.15, -0.1) is 0 Å². The molecule has 4 heterocycles. The van der Waals surface area contributed by atoms with Gasteiger partial charge < -0.3 is 14.0 Å². The molecule has 0 saturated heterocycles. The molecule has 0 amide bonds. The number of benzene rings is 8. The molecule has 0 spiro atoms. The molecule has 66 heavy (non-hydrogen) atoms. The van der Waals surface area contributed by atoms with Crippen molar-refractivity contribution in [3.05, 3.63) is 224 Å². The molecule has 1 aliphatic heterocycles. The SMILES string of the molecule is [2H]c1c([2H])c([2H])c([Si](c2c([2H])c([2H])c([2H])c([2H])c2[2H])(c2c([2H])c([2H])c([2H])c([2H])c2[2H])c2c([2H])c([2H])c([2H])c(-n3c4ccc(N5c6cnccc6C6(C)CCCCC56C)cc4c4cc(-n5c6ccccc6c6ccccc65)ccc43)c2[2H])c([2H])c1[2H]. The summed E-state index contributed by atoms with van der Waals surface area (Å²) in [4.78, 5) is 6.96. The molecule has 13 rings (SSSR count). The smallest absolute Gasteiger partial charge is 0.179 e. The minimum atomic E-state index is -6.14. The van der Waals surface area contributed by atoms with Crippen molar-refractivity contribution in [3.63, 3.8) is 0 Å². The summed E-state index contributed by atoms with van der Waals surface area (Å²) in [6, 6.07) is 10.5. The van der Waals surface area contributed by atoms with Crippen molar-refractivity contribution in [3.8, 4) is 11.4 Å². The third-order valence-corrected chi connectivity index (χ3v) is 18.6. The average Bonchev–Trinajstić information content (AvgIpc) is 0.954. The number of anilines is 2. The summed E-state index contributed by atoms with van der Waals surface area (Å²) in [5, 5.41) is -0.376. The van der Waals surface area contributed by atoms with Gasteiger partial charge >= 0.3 is 0 Å². The lowest BCUT2D eigenvalue weighted by Crippen LogP contribution is -2.74. The van der Waals surface area contributed by atoms with Crippen molar-refractivity contribution >= 4 is 83.8 Å². The van der Waals surface area contributed by atoms with Crippen molar-refractivity contribution in [2.75, 3.05) is 4.90 Å². The second kappa shape index (κ2) is 14.8. The van der Waals surface area contributed by atoms with Crippen LogP contribution in [0.4, 0.5) is 11.4 Å². The van der Waals surface area contributed by atoms with Gasteiger partial charge in [-0.25, -0.2) is 0 Å². The first-order chi connectivity index (χ1) is 40.4. The van der Waals surface area contributed by atoms with Gasteiger partial charge in [-0.2, -0.15) is 0 Å². The molecule has 0 N–H and O–H groups in total. The van der Waals surface area contributed by atoms with Crippen LogP contribution in [-0.4, -0.2) is 27.7 Å². The standard InChI is InChI=1S/C61H50N4Si/c1-60-36-16-17-37-61(60,2)65(59-42-62-38-35-54(59)60)45-32-34-58-53(41-45)52-40-44(64-55-29-14-12-27-50(55)51-28-13-15-30-56(51)64)31-33-57(52)63(58)43-19-18-26-49(39-43)66(46-20-6-3-7-21-46,47-22-8-4-9-23-47)48-24-10-5-11-25-48/h3-15,18-35,38-42H,16-17,36-37H2,1-2H3/i3D,4D,5D,6D,7D,8D,9D,10D,11D,18D,19D,20D,21D,22D,23D,24D,25D,26D,39D. The highest BCUT2D eigenvalue weighted by molar-refractivity contribution is 7.19. The lowest BCUT2D eigenvalue weighted by Gasteiger charge is -2.50. The largest absolute Gasteiger partial charge is 0.333 e. The van der Waals surface area contributed by atoms with Crippen LogP contribution in [0.15, 0.2) is 218 Å². The second-order valence-corrected chi connectivity index (χ2v) is 21.1. The number of rotatable bonds is 7. The van der Waals surface area contributed by atoms with E-state index in [0.717, 1.165) is 70.1 Å². The van der Waals surface area contributed by atoms with Crippen molar-refractivity contribution in [1.29, 1.82) is 0 Å². The molecule has 2 aliphatic rings. The summed E-state index contributed by atoms with van der Waals surface area (Å²) in [6.45, 7) is 4.57. The van der Waals surface area contributed by atoms with E-state index >= 15 is 0 Å². The summed E-state index contributed by atoms with van der Waals surface area (Å²) in [5.74, 6) is 0. The van der Waals surface area contributed by atoms with Crippen LogP contribution in [-0.2, 0) is 5.41 Å². The summed E-state index contributed by atoms with van der Waals surface area (Å²) in [6.07, 6.45) is 7.50. The minimum absolute atomic E-state index is 0.271. The first-order valence-corrected chi connectivity index (χ1v) is 24.0. The number of hydrogen-bond donors (Lipinski definition) is 0. The summed E-state index contributed by atoms with van der Waals surface area (Å²) in [5.41, 5.74) is 5.04. The Morgan fingerprint density at radius 2 is 1.02 bits per heavy atom. The lowest BCUT2D eigenvalue weighted by molar-refractivity contribution is 0.195. The van der Waals surface area contributed by atoms with E-state index in [1.807, 2.05) is 91.3 Å². The van der Waals surface area contributed by atoms with E-state index in [1.54, 1.807) is 10.6 Å². The Morgan fingerprint density at radius 3 is 1.64 bits per heavy atom. The fraction of sp³-hybridized carbons (Fsp3) is 0.131. The zero-order valence-electron chi connectivity index (χ0n) is 54.9. The molecule has 2 unspecified atom stereocenters. The highest BCUT2D eigenvalue weighted by atomic mass is 28.3. The summed E-state index contributed by atoms with van der Waals surface area (Å²) < 4.78 is 183. The van der Waals surface area contributed by atoms with Crippen LogP contribution in [0.3, 0.4) is 0 Å². The predicted molar refractivity (Wildman–Crippen MR) is 279 cm³/mol. The van der Waals surface area contributed by atoms with Gasteiger partial charge in [0.25, 0.3) is 0 Å². The van der Waals surface area contributed by atoms with Crippen LogP contribution in [0.5, 0.6) is 0 Å². The van der Waals surface area contributed by atoms with Gasteiger partial charge in [0, 0.05) is 50.2 Å². The lowest BCUT2D eigenvalue weighted by atomic mass is 9.61. The topological polar surface area (TPSA) is 26.0 Å². The van der Waals surface area contributed by atoms with E-state index in [1.165, 1.54) is 0 Å². The number of para-hydroxylation sites is 2. The van der Waals surface area contributed by atoms with Gasteiger partial charge in [0.15, 0.2) is 8.07 Å². The molecule has 5 heteroatoms. The molecule has 11 aromatic rings. The van der Waals surface area contributed by atoms with E-state index < -0.39 is 155 Å². The first-order valence-electron chi connectivity index (χ1n) is 31.5. The minimum Gasteiger partial charge on any atom is -0.333 e. The molecule has 2 atom stereocenters. The number of pyridine rings is 1. The Morgan fingerprint density at radius 1 is 0.500 bits per heavy atom. The highest BCUT2D eigenvalue weighted by Crippen LogP contribution is 2.60. The van der Waals surface area contributed by atoms with E-state index in [0.29, 0.717) is 21.8 Å². The molecular formula is C61H50N4Si. The normalized spacial score (nSPS) is 22.3. The van der Waals surface area contributed by atoms with Crippen molar-refractivity contribution < 1.29 is 26.0 Å². The second-order valence-electron chi connectivity index (χ2n) is 17.6. The maximum Gasteiger partial charge on any atom is 0.179 e. The van der Waals surface area contributed by atoms with Crippen LogP contribution in [0, 0.1) is 0 Å². The molecule has 8 aromatic carbocycles. The van der Waals surface area contributed by atoms with Crippen molar-refractivity contribution in [2.24, 2.45) is 0 Å². The summed E-state index contributed by atoms with van der Waals surface area (Å²) >= 11 is 0. The molecule has 3 aromatic heterocycles. The van der Waals surface area contributed by atoms with Crippen LogP contribution in [0.1, 0.15) is 71.1 Å². The van der Waals surface area contributed by atoms with Gasteiger partial charge in [-0.1, -0.05) is 159 Å². The van der Waals surface area contributed by atoms with Crippen LogP contribution < -0.4 is 25.6 Å². The average molecular weight is 886 g/mol. The van der Waals surface area contributed by atoms with Gasteiger partial charge in [0.05, 0.1) is 65.5 Å². The van der Waals surface area contributed by atoms with Gasteiger partial charge in [0.2, 0.25) is 0 Å². The molecule has 0 bridgehead atoms. The van der Waals surface area contributed by atoms with Crippen molar-refractivity contribution in [2.45, 2.75) is 50.5 Å². The van der Waals surface area contributed by atoms with E-state index in [4.69, 9.17) is 12.3 Å². The van der Waals surface area contributed by atoms with Gasteiger partial charge in [0.1, 0.15) is 0 Å². The Hall–Kier alpha value is -7.47. The third kappa shape index (κ3) is 5.41. The van der Waals surface area contributed by atoms with Crippen LogP contribution >= 0.6 is 0 Å². The van der Waals surface area contributed by atoms with Crippen LogP contribution in [0.2, 0.25) is 0 Å². The Kier molecular flexibility index (Phi) is 5.41. The van der Waals surface area contributed by atoms with Gasteiger partial charge in [-0.05, 0) is 113 Å².